The Morgan fingerprint density at radius 2 is 1.02 bits per heavy atom. The zero-order valence-corrected chi connectivity index (χ0v) is 28.2. The first-order valence-electron chi connectivity index (χ1n) is 18.0. The minimum absolute atomic E-state index is 0.0969. The zero-order chi connectivity index (χ0) is 31.5. The van der Waals surface area contributed by atoms with E-state index in [1.807, 2.05) is 6.08 Å². The largest absolute Gasteiger partial charge is 0.394 e. The third kappa shape index (κ3) is 31.3. The third-order valence-electron chi connectivity index (χ3n) is 7.68. The van der Waals surface area contributed by atoms with Gasteiger partial charge in [-0.25, -0.2) is 0 Å². The molecule has 2 atom stereocenters. The number of aliphatic hydroxyl groups excluding tert-OH is 2. The molecule has 0 fully saturated rings. The van der Waals surface area contributed by atoms with Gasteiger partial charge in [-0.1, -0.05) is 145 Å². The molecule has 3 N–H and O–H groups in total. The fourth-order valence-corrected chi connectivity index (χ4v) is 4.89. The van der Waals surface area contributed by atoms with Crippen molar-refractivity contribution in [2.24, 2.45) is 0 Å². The topological polar surface area (TPSA) is 69.6 Å². The average molecular weight is 600 g/mol. The molecule has 4 nitrogen and oxygen atoms in total. The van der Waals surface area contributed by atoms with Gasteiger partial charge in [-0.3, -0.25) is 4.79 Å². The molecule has 0 aromatic heterocycles. The van der Waals surface area contributed by atoms with E-state index in [9.17, 15) is 15.0 Å². The van der Waals surface area contributed by atoms with E-state index in [0.29, 0.717) is 6.42 Å². The molecule has 0 bridgehead atoms. The molecule has 0 rings (SSSR count). The number of amides is 1. The zero-order valence-electron chi connectivity index (χ0n) is 28.2. The van der Waals surface area contributed by atoms with Crippen LogP contribution in [-0.4, -0.2) is 34.9 Å². The summed E-state index contributed by atoms with van der Waals surface area (Å²) in [6.45, 7) is 4.19. The van der Waals surface area contributed by atoms with Crippen molar-refractivity contribution in [3.63, 3.8) is 0 Å². The summed E-state index contributed by atoms with van der Waals surface area (Å²) in [6.07, 6.45) is 47.3. The third-order valence-corrected chi connectivity index (χ3v) is 7.68. The number of rotatable bonds is 31. The maximum absolute atomic E-state index is 12.3. The highest BCUT2D eigenvalue weighted by molar-refractivity contribution is 5.76. The lowest BCUT2D eigenvalue weighted by molar-refractivity contribution is -0.123. The highest BCUT2D eigenvalue weighted by atomic mass is 16.3. The first-order valence-corrected chi connectivity index (χ1v) is 18.0. The molecule has 0 spiro atoms. The van der Waals surface area contributed by atoms with Crippen LogP contribution in [0.25, 0.3) is 0 Å². The van der Waals surface area contributed by atoms with Crippen LogP contribution in [0.2, 0.25) is 0 Å². The Balaban J connectivity index is 3.76. The van der Waals surface area contributed by atoms with Gasteiger partial charge >= 0.3 is 0 Å². The van der Waals surface area contributed by atoms with Crippen molar-refractivity contribution in [2.75, 3.05) is 6.61 Å². The number of carbonyl (C=O) groups is 1. The molecular weight excluding hydrogens is 530 g/mol. The summed E-state index contributed by atoms with van der Waals surface area (Å²) in [6, 6.07) is -0.652. The van der Waals surface area contributed by atoms with Crippen LogP contribution < -0.4 is 5.32 Å². The van der Waals surface area contributed by atoms with Crippen LogP contribution in [0.3, 0.4) is 0 Å². The second kappa shape index (κ2) is 34.6. The van der Waals surface area contributed by atoms with Crippen molar-refractivity contribution in [3.05, 3.63) is 60.8 Å². The SMILES string of the molecule is CCC/C=C\C/C=C\CCCCCCCC(=O)NC(CO)C(O)/C=C/CC/C=C/CC/C=C/CCCCCCCCCC. The van der Waals surface area contributed by atoms with Gasteiger partial charge < -0.3 is 15.5 Å². The molecule has 0 aliphatic rings. The van der Waals surface area contributed by atoms with Crippen molar-refractivity contribution < 1.29 is 15.0 Å². The Bertz CT molecular complexity index is 737. The van der Waals surface area contributed by atoms with Crippen LogP contribution in [0, 0.1) is 0 Å². The number of hydrogen-bond donors (Lipinski definition) is 3. The van der Waals surface area contributed by atoms with E-state index in [4.69, 9.17) is 0 Å². The first kappa shape index (κ1) is 41.1. The second-order valence-electron chi connectivity index (χ2n) is 11.9. The molecule has 2 unspecified atom stereocenters. The molecule has 0 aliphatic carbocycles. The summed E-state index contributed by atoms with van der Waals surface area (Å²) in [5, 5.41) is 22.8. The number of nitrogens with one attached hydrogen (secondary N) is 1. The number of hydrogen-bond acceptors (Lipinski definition) is 3. The number of carbonyl (C=O) groups excluding carboxylic acids is 1. The van der Waals surface area contributed by atoms with E-state index in [2.05, 4.69) is 67.8 Å². The van der Waals surface area contributed by atoms with E-state index in [1.54, 1.807) is 6.08 Å². The highest BCUT2D eigenvalue weighted by Crippen LogP contribution is 2.11. The standard InChI is InChI=1S/C39H69NO3/c1-3-5-7-9-11-13-15-17-18-19-20-21-23-24-26-28-30-32-34-38(42)37(36-41)40-39(43)35-33-31-29-27-25-22-16-14-12-10-8-6-4-2/h8,10,14,16,19-20,24,26,32,34,37-38,41-42H,3-7,9,11-13,15,17-18,21-23,25,27-31,33,35-36H2,1-2H3,(H,40,43)/b10-8-,16-14-,20-19+,26-24+,34-32+. The molecule has 1 amide bonds. The Labute approximate surface area is 266 Å². The van der Waals surface area contributed by atoms with E-state index in [0.717, 1.165) is 57.8 Å². The Hall–Kier alpha value is -1.91. The van der Waals surface area contributed by atoms with Gasteiger partial charge in [0, 0.05) is 6.42 Å². The van der Waals surface area contributed by atoms with Gasteiger partial charge in [0.05, 0.1) is 18.8 Å². The number of allylic oxidation sites excluding steroid dienone is 9. The lowest BCUT2D eigenvalue weighted by Gasteiger charge is -2.19. The van der Waals surface area contributed by atoms with Crippen LogP contribution in [0.15, 0.2) is 60.8 Å². The fourth-order valence-electron chi connectivity index (χ4n) is 4.89. The summed E-state index contributed by atoms with van der Waals surface area (Å²) in [5.74, 6) is -0.0969. The molecule has 0 saturated carbocycles. The molecule has 0 aromatic rings. The van der Waals surface area contributed by atoms with Crippen LogP contribution >= 0.6 is 0 Å². The Morgan fingerprint density at radius 3 is 1.58 bits per heavy atom. The van der Waals surface area contributed by atoms with Crippen LogP contribution in [0.1, 0.15) is 162 Å². The van der Waals surface area contributed by atoms with E-state index in [-0.39, 0.29) is 12.5 Å². The average Bonchev–Trinajstić information content (AvgIpc) is 3.01. The minimum atomic E-state index is -0.876. The van der Waals surface area contributed by atoms with E-state index >= 15 is 0 Å². The van der Waals surface area contributed by atoms with Crippen molar-refractivity contribution in [3.8, 4) is 0 Å². The van der Waals surface area contributed by atoms with Crippen molar-refractivity contribution in [1.29, 1.82) is 0 Å². The van der Waals surface area contributed by atoms with Gasteiger partial charge in [-0.05, 0) is 70.6 Å². The minimum Gasteiger partial charge on any atom is -0.394 e. The summed E-state index contributed by atoms with van der Waals surface area (Å²) >= 11 is 0. The molecule has 0 aliphatic heterocycles. The lowest BCUT2D eigenvalue weighted by atomic mass is 10.1. The van der Waals surface area contributed by atoms with Gasteiger partial charge in [-0.15, -0.1) is 0 Å². The number of aliphatic hydroxyl groups is 2. The molecule has 248 valence electrons. The second-order valence-corrected chi connectivity index (χ2v) is 11.9. The van der Waals surface area contributed by atoms with E-state index < -0.39 is 12.1 Å². The van der Waals surface area contributed by atoms with Crippen LogP contribution in [-0.2, 0) is 4.79 Å². The van der Waals surface area contributed by atoms with Crippen molar-refractivity contribution in [1.82, 2.24) is 5.32 Å². The maximum atomic E-state index is 12.3. The Morgan fingerprint density at radius 1 is 0.558 bits per heavy atom. The first-order chi connectivity index (χ1) is 21.2. The maximum Gasteiger partial charge on any atom is 0.220 e. The van der Waals surface area contributed by atoms with Gasteiger partial charge in [0.15, 0.2) is 0 Å². The smallest absolute Gasteiger partial charge is 0.220 e. The molecule has 4 heteroatoms. The van der Waals surface area contributed by atoms with E-state index in [1.165, 1.54) is 83.5 Å². The monoisotopic (exact) mass is 600 g/mol. The highest BCUT2D eigenvalue weighted by Gasteiger charge is 2.17. The molecule has 0 aromatic carbocycles. The van der Waals surface area contributed by atoms with Gasteiger partial charge in [-0.2, -0.15) is 0 Å². The van der Waals surface area contributed by atoms with Crippen LogP contribution in [0.5, 0.6) is 0 Å². The molecular formula is C39H69NO3. The Kier molecular flexibility index (Phi) is 33.0. The summed E-state index contributed by atoms with van der Waals surface area (Å²) in [4.78, 5) is 12.3. The van der Waals surface area contributed by atoms with Crippen molar-refractivity contribution in [2.45, 2.75) is 174 Å². The lowest BCUT2D eigenvalue weighted by Crippen LogP contribution is -2.45. The fraction of sp³-hybridized carbons (Fsp3) is 0.718. The summed E-state index contributed by atoms with van der Waals surface area (Å²) in [7, 11) is 0. The van der Waals surface area contributed by atoms with Gasteiger partial charge in [0.1, 0.15) is 0 Å². The van der Waals surface area contributed by atoms with Gasteiger partial charge in [0.2, 0.25) is 5.91 Å². The molecule has 43 heavy (non-hydrogen) atoms. The normalized spacial score (nSPS) is 13.9. The van der Waals surface area contributed by atoms with Crippen LogP contribution in [0.4, 0.5) is 0 Å². The van der Waals surface area contributed by atoms with Crippen molar-refractivity contribution >= 4 is 5.91 Å². The predicted octanol–water partition coefficient (Wildman–Crippen LogP) is 10.6. The number of unbranched alkanes of at least 4 members (excludes halogenated alkanes) is 16. The predicted molar refractivity (Wildman–Crippen MR) is 188 cm³/mol. The molecule has 0 heterocycles. The van der Waals surface area contributed by atoms with Gasteiger partial charge in [0.25, 0.3) is 0 Å². The summed E-state index contributed by atoms with van der Waals surface area (Å²) < 4.78 is 0. The quantitative estimate of drug-likeness (QED) is 0.0548. The summed E-state index contributed by atoms with van der Waals surface area (Å²) in [5.41, 5.74) is 0. The molecule has 0 saturated heterocycles. The molecule has 0 radical (unpaired) electrons.